The number of carbonyl (C=O) groups excluding carboxylic acids is 1. The molecule has 0 bridgehead atoms. The number of halogens is 2. The van der Waals surface area contributed by atoms with Crippen LogP contribution in [-0.2, 0) is 13.1 Å². The van der Waals surface area contributed by atoms with Gasteiger partial charge in [0.05, 0.1) is 12.6 Å². The van der Waals surface area contributed by atoms with Gasteiger partial charge in [0, 0.05) is 12.1 Å². The van der Waals surface area contributed by atoms with Crippen molar-refractivity contribution >= 4 is 6.03 Å². The minimum Gasteiger partial charge on any atom is -0.332 e. The minimum absolute atomic E-state index is 0.0897. The number of hydrogen-bond acceptors (Lipinski definition) is 3. The van der Waals surface area contributed by atoms with Crippen molar-refractivity contribution in [3.63, 3.8) is 0 Å². The van der Waals surface area contributed by atoms with Crippen molar-refractivity contribution in [3.05, 3.63) is 47.5 Å². The zero-order valence-corrected chi connectivity index (χ0v) is 12.3. The maximum atomic E-state index is 13.6. The van der Waals surface area contributed by atoms with Gasteiger partial charge in [-0.15, -0.1) is 10.2 Å². The molecule has 0 saturated heterocycles. The lowest BCUT2D eigenvalue weighted by atomic mass is 10.1. The van der Waals surface area contributed by atoms with Gasteiger partial charge < -0.3 is 15.2 Å². The fourth-order valence-electron chi connectivity index (χ4n) is 2.01. The van der Waals surface area contributed by atoms with Gasteiger partial charge in [0.2, 0.25) is 0 Å². The van der Waals surface area contributed by atoms with Gasteiger partial charge >= 0.3 is 6.03 Å². The third kappa shape index (κ3) is 3.78. The van der Waals surface area contributed by atoms with Gasteiger partial charge in [0.1, 0.15) is 18.0 Å². The van der Waals surface area contributed by atoms with Crippen molar-refractivity contribution in [2.24, 2.45) is 0 Å². The average molecular weight is 309 g/mol. The summed E-state index contributed by atoms with van der Waals surface area (Å²) < 4.78 is 28.6. The molecule has 0 spiro atoms. The van der Waals surface area contributed by atoms with Crippen LogP contribution in [0.5, 0.6) is 0 Å². The molecule has 22 heavy (non-hydrogen) atoms. The molecule has 0 aliphatic heterocycles. The summed E-state index contributed by atoms with van der Waals surface area (Å²) in [6.45, 7) is 4.39. The number of urea groups is 1. The number of benzene rings is 1. The van der Waals surface area contributed by atoms with Crippen molar-refractivity contribution in [2.45, 2.75) is 33.0 Å². The number of aryl methyl sites for hydroxylation is 1. The van der Waals surface area contributed by atoms with Gasteiger partial charge in [-0.1, -0.05) is 0 Å². The van der Waals surface area contributed by atoms with E-state index in [1.54, 1.807) is 17.8 Å². The number of rotatable bonds is 5. The first-order valence-electron chi connectivity index (χ1n) is 6.87. The van der Waals surface area contributed by atoms with Crippen molar-refractivity contribution < 1.29 is 13.6 Å². The molecule has 0 aliphatic carbocycles. The number of aromatic nitrogens is 3. The van der Waals surface area contributed by atoms with Crippen LogP contribution in [0.15, 0.2) is 24.5 Å². The highest BCUT2D eigenvalue weighted by Crippen LogP contribution is 2.17. The minimum atomic E-state index is -0.667. The molecule has 0 unspecified atom stereocenters. The quantitative estimate of drug-likeness (QED) is 0.889. The average Bonchev–Trinajstić information content (AvgIpc) is 2.95. The fourth-order valence-corrected chi connectivity index (χ4v) is 2.01. The number of hydrogen-bond donors (Lipinski definition) is 2. The van der Waals surface area contributed by atoms with E-state index in [4.69, 9.17) is 0 Å². The Bertz CT molecular complexity index is 658. The predicted molar refractivity (Wildman–Crippen MR) is 75.8 cm³/mol. The van der Waals surface area contributed by atoms with Crippen LogP contribution < -0.4 is 10.6 Å². The molecule has 6 nitrogen and oxygen atoms in total. The zero-order valence-electron chi connectivity index (χ0n) is 12.3. The van der Waals surface area contributed by atoms with Crippen molar-refractivity contribution in [2.75, 3.05) is 0 Å². The maximum Gasteiger partial charge on any atom is 0.315 e. The molecule has 1 aromatic heterocycles. The normalized spacial score (nSPS) is 12.0. The summed E-state index contributed by atoms with van der Waals surface area (Å²) in [5.41, 5.74) is 0.0897. The van der Waals surface area contributed by atoms with Gasteiger partial charge in [-0.25, -0.2) is 13.6 Å². The topological polar surface area (TPSA) is 71.8 Å². The highest BCUT2D eigenvalue weighted by Gasteiger charge is 2.15. The van der Waals surface area contributed by atoms with Crippen molar-refractivity contribution in [1.82, 2.24) is 25.4 Å². The standard InChI is InChI=1S/C14H17F2N5O/c1-3-21-8-18-20-13(21)7-17-14(22)19-9(2)11-6-10(15)4-5-12(11)16/h4-6,8-9H,3,7H2,1-2H3,(H2,17,19,22)/t9-/m1/s1. The van der Waals surface area contributed by atoms with E-state index >= 15 is 0 Å². The summed E-state index contributed by atoms with van der Waals surface area (Å²) in [4.78, 5) is 11.8. The molecule has 118 valence electrons. The SMILES string of the molecule is CCn1cnnc1CNC(=O)N[C@H](C)c1cc(F)ccc1F. The summed E-state index contributed by atoms with van der Waals surface area (Å²) in [7, 11) is 0. The molecule has 8 heteroatoms. The van der Waals surface area contributed by atoms with E-state index in [0.29, 0.717) is 12.4 Å². The summed E-state index contributed by atoms with van der Waals surface area (Å²) in [5, 5.41) is 12.8. The van der Waals surface area contributed by atoms with Crippen LogP contribution in [0, 0.1) is 11.6 Å². The third-order valence-corrected chi connectivity index (χ3v) is 3.22. The molecule has 2 N–H and O–H groups in total. The Hall–Kier alpha value is -2.51. The molecule has 1 aromatic carbocycles. The Balaban J connectivity index is 1.93. The van der Waals surface area contributed by atoms with E-state index in [2.05, 4.69) is 20.8 Å². The molecular formula is C14H17F2N5O. The number of amides is 2. The molecule has 0 aliphatic rings. The van der Waals surface area contributed by atoms with Crippen molar-refractivity contribution in [3.8, 4) is 0 Å². The second-order valence-electron chi connectivity index (χ2n) is 4.75. The fraction of sp³-hybridized carbons (Fsp3) is 0.357. The van der Waals surface area contributed by atoms with Crippen molar-refractivity contribution in [1.29, 1.82) is 0 Å². The Kier molecular flexibility index (Phi) is 5.03. The monoisotopic (exact) mass is 309 g/mol. The molecule has 2 rings (SSSR count). The number of nitrogens with zero attached hydrogens (tertiary/aromatic N) is 3. The van der Waals surface area contributed by atoms with E-state index < -0.39 is 23.7 Å². The molecule has 1 atom stereocenters. The second-order valence-corrected chi connectivity index (χ2v) is 4.75. The van der Waals surface area contributed by atoms with Gasteiger partial charge in [-0.2, -0.15) is 0 Å². The first-order valence-corrected chi connectivity index (χ1v) is 6.87. The molecule has 0 fully saturated rings. The van der Waals surface area contributed by atoms with E-state index in [-0.39, 0.29) is 12.1 Å². The lowest BCUT2D eigenvalue weighted by molar-refractivity contribution is 0.237. The van der Waals surface area contributed by atoms with E-state index in [1.165, 1.54) is 0 Å². The largest absolute Gasteiger partial charge is 0.332 e. The molecular weight excluding hydrogens is 292 g/mol. The van der Waals surface area contributed by atoms with Crippen LogP contribution in [0.3, 0.4) is 0 Å². The van der Waals surface area contributed by atoms with Crippen LogP contribution >= 0.6 is 0 Å². The highest BCUT2D eigenvalue weighted by molar-refractivity contribution is 5.74. The summed E-state index contributed by atoms with van der Waals surface area (Å²) in [6, 6.07) is 1.96. The van der Waals surface area contributed by atoms with Crippen LogP contribution in [0.2, 0.25) is 0 Å². The Morgan fingerprint density at radius 2 is 2.18 bits per heavy atom. The maximum absolute atomic E-state index is 13.6. The lowest BCUT2D eigenvalue weighted by Crippen LogP contribution is -2.37. The molecule has 0 saturated carbocycles. The molecule has 2 aromatic rings. The predicted octanol–water partition coefficient (Wildman–Crippen LogP) is 2.14. The second kappa shape index (κ2) is 6.97. The van der Waals surface area contributed by atoms with Gasteiger partial charge in [0.15, 0.2) is 5.82 Å². The summed E-state index contributed by atoms with van der Waals surface area (Å²) in [6.07, 6.45) is 1.57. The smallest absolute Gasteiger partial charge is 0.315 e. The number of nitrogens with one attached hydrogen (secondary N) is 2. The van der Waals surface area contributed by atoms with Gasteiger partial charge in [-0.3, -0.25) is 0 Å². The van der Waals surface area contributed by atoms with Gasteiger partial charge in [-0.05, 0) is 32.0 Å². The summed E-state index contributed by atoms with van der Waals surface area (Å²) in [5.74, 6) is -0.510. The molecule has 2 amide bonds. The van der Waals surface area contributed by atoms with Gasteiger partial charge in [0.25, 0.3) is 0 Å². The Morgan fingerprint density at radius 3 is 2.91 bits per heavy atom. The Morgan fingerprint density at radius 1 is 1.41 bits per heavy atom. The van der Waals surface area contributed by atoms with E-state index in [0.717, 1.165) is 18.2 Å². The number of carbonyl (C=O) groups is 1. The molecule has 0 radical (unpaired) electrons. The van der Waals surface area contributed by atoms with E-state index in [1.807, 2.05) is 6.92 Å². The zero-order chi connectivity index (χ0) is 16.1. The molecule has 1 heterocycles. The highest BCUT2D eigenvalue weighted by atomic mass is 19.1. The lowest BCUT2D eigenvalue weighted by Gasteiger charge is -2.15. The summed E-state index contributed by atoms with van der Waals surface area (Å²) >= 11 is 0. The van der Waals surface area contributed by atoms with Crippen LogP contribution in [0.1, 0.15) is 31.3 Å². The Labute approximate surface area is 126 Å². The first-order chi connectivity index (χ1) is 10.5. The van der Waals surface area contributed by atoms with Crippen LogP contribution in [0.4, 0.5) is 13.6 Å². The van der Waals surface area contributed by atoms with Crippen LogP contribution in [-0.4, -0.2) is 20.8 Å². The van der Waals surface area contributed by atoms with E-state index in [9.17, 15) is 13.6 Å². The van der Waals surface area contributed by atoms with Crippen LogP contribution in [0.25, 0.3) is 0 Å². The first kappa shape index (κ1) is 15.9. The third-order valence-electron chi connectivity index (χ3n) is 3.22.